The first-order valence-electron chi connectivity index (χ1n) is 6.08. The van der Waals surface area contributed by atoms with E-state index in [9.17, 15) is 0 Å². The van der Waals surface area contributed by atoms with E-state index in [4.69, 9.17) is 18.9 Å². The molecular formula is C12H20O4. The molecule has 2 saturated heterocycles. The van der Waals surface area contributed by atoms with Gasteiger partial charge in [0, 0.05) is 7.11 Å². The fourth-order valence-corrected chi connectivity index (χ4v) is 3.21. The quantitative estimate of drug-likeness (QED) is 0.720. The molecule has 4 heteroatoms. The summed E-state index contributed by atoms with van der Waals surface area (Å²) in [5.74, 6) is 0.0849. The molecule has 2 aliphatic heterocycles. The van der Waals surface area contributed by atoms with Gasteiger partial charge in [-0.1, -0.05) is 13.3 Å². The Morgan fingerprint density at radius 1 is 1.25 bits per heavy atom. The third-order valence-corrected chi connectivity index (χ3v) is 4.04. The molecule has 0 radical (unpaired) electrons. The third kappa shape index (κ3) is 1.30. The fraction of sp³-hybridized carbons (Fsp3) is 1.00. The first-order chi connectivity index (χ1) is 7.52. The highest BCUT2D eigenvalue weighted by Gasteiger charge is 2.72. The molecule has 92 valence electrons. The van der Waals surface area contributed by atoms with E-state index in [1.807, 2.05) is 13.8 Å². The van der Waals surface area contributed by atoms with Gasteiger partial charge in [-0.15, -0.1) is 0 Å². The van der Waals surface area contributed by atoms with Crippen LogP contribution in [0.1, 0.15) is 33.6 Å². The van der Waals surface area contributed by atoms with Gasteiger partial charge in [0.05, 0.1) is 0 Å². The number of rotatable bonds is 2. The largest absolute Gasteiger partial charge is 0.353 e. The van der Waals surface area contributed by atoms with Crippen molar-refractivity contribution in [2.75, 3.05) is 7.11 Å². The number of hydrogen-bond acceptors (Lipinski definition) is 4. The molecule has 0 N–H and O–H groups in total. The predicted octanol–water partition coefficient (Wildman–Crippen LogP) is 1.68. The molecule has 1 spiro atoms. The highest BCUT2D eigenvalue weighted by atomic mass is 16.8. The van der Waals surface area contributed by atoms with Crippen molar-refractivity contribution in [2.45, 2.75) is 63.5 Å². The first-order valence-corrected chi connectivity index (χ1v) is 6.08. The van der Waals surface area contributed by atoms with Gasteiger partial charge in [-0.3, -0.25) is 0 Å². The van der Waals surface area contributed by atoms with E-state index in [1.54, 1.807) is 7.11 Å². The van der Waals surface area contributed by atoms with E-state index >= 15 is 0 Å². The molecule has 1 aliphatic carbocycles. The van der Waals surface area contributed by atoms with E-state index < -0.39 is 5.79 Å². The van der Waals surface area contributed by atoms with Gasteiger partial charge in [0.2, 0.25) is 0 Å². The van der Waals surface area contributed by atoms with Gasteiger partial charge in [-0.25, -0.2) is 0 Å². The Morgan fingerprint density at radius 3 is 2.56 bits per heavy atom. The van der Waals surface area contributed by atoms with Crippen LogP contribution in [0.2, 0.25) is 0 Å². The summed E-state index contributed by atoms with van der Waals surface area (Å²) >= 11 is 0. The van der Waals surface area contributed by atoms with Crippen LogP contribution in [0.15, 0.2) is 0 Å². The van der Waals surface area contributed by atoms with Crippen molar-refractivity contribution < 1.29 is 18.9 Å². The van der Waals surface area contributed by atoms with Crippen LogP contribution in [0.25, 0.3) is 0 Å². The molecule has 0 aromatic heterocycles. The van der Waals surface area contributed by atoms with Gasteiger partial charge in [0.25, 0.3) is 0 Å². The minimum absolute atomic E-state index is 0.0393. The second-order valence-electron chi connectivity index (χ2n) is 5.51. The Labute approximate surface area is 96.2 Å². The van der Waals surface area contributed by atoms with Crippen LogP contribution in [0.3, 0.4) is 0 Å². The van der Waals surface area contributed by atoms with Crippen LogP contribution in [0.4, 0.5) is 0 Å². The normalized spacial score (nSPS) is 53.2. The average molecular weight is 228 g/mol. The standard InChI is InChI=1S/C12H20O4/c1-5-7-6-12(7)9-8(10(13-4)16-12)14-11(2,3)15-9/h7-10H,5-6H2,1-4H3/t7-,8+,9?,10?,12-/m1/s1. The van der Waals surface area contributed by atoms with Gasteiger partial charge in [0.1, 0.15) is 17.8 Å². The van der Waals surface area contributed by atoms with Crippen molar-refractivity contribution in [1.29, 1.82) is 0 Å². The smallest absolute Gasteiger partial charge is 0.186 e. The van der Waals surface area contributed by atoms with Crippen LogP contribution in [0.5, 0.6) is 0 Å². The highest BCUT2D eigenvalue weighted by molar-refractivity contribution is 5.18. The van der Waals surface area contributed by atoms with E-state index in [2.05, 4.69) is 6.92 Å². The Balaban J connectivity index is 1.85. The Bertz CT molecular complexity index is 303. The maximum atomic E-state index is 6.00. The lowest BCUT2D eigenvalue weighted by atomic mass is 10.1. The molecular weight excluding hydrogens is 208 g/mol. The van der Waals surface area contributed by atoms with Crippen molar-refractivity contribution >= 4 is 0 Å². The first kappa shape index (κ1) is 11.0. The molecule has 1 saturated carbocycles. The summed E-state index contributed by atoms with van der Waals surface area (Å²) in [5, 5.41) is 0. The zero-order valence-electron chi connectivity index (χ0n) is 10.4. The molecule has 0 aromatic rings. The van der Waals surface area contributed by atoms with Crippen molar-refractivity contribution in [2.24, 2.45) is 5.92 Å². The lowest BCUT2D eigenvalue weighted by Crippen LogP contribution is -2.32. The van der Waals surface area contributed by atoms with Gasteiger partial charge in [0.15, 0.2) is 12.1 Å². The summed E-state index contributed by atoms with van der Waals surface area (Å²) in [6.07, 6.45) is 1.89. The van der Waals surface area contributed by atoms with Crippen molar-refractivity contribution in [3.8, 4) is 0 Å². The summed E-state index contributed by atoms with van der Waals surface area (Å²) in [4.78, 5) is 0. The molecule has 2 unspecified atom stereocenters. The Hall–Kier alpha value is -0.160. The molecule has 0 aromatic carbocycles. The van der Waals surface area contributed by atoms with Crippen LogP contribution < -0.4 is 0 Å². The maximum absolute atomic E-state index is 6.00. The van der Waals surface area contributed by atoms with Crippen LogP contribution in [0, 0.1) is 5.92 Å². The molecule has 0 amide bonds. The topological polar surface area (TPSA) is 36.9 Å². The Morgan fingerprint density at radius 2 is 2.00 bits per heavy atom. The van der Waals surface area contributed by atoms with Crippen LogP contribution in [-0.4, -0.2) is 37.0 Å². The fourth-order valence-electron chi connectivity index (χ4n) is 3.21. The number of hydrogen-bond donors (Lipinski definition) is 0. The highest BCUT2D eigenvalue weighted by Crippen LogP contribution is 2.61. The van der Waals surface area contributed by atoms with Gasteiger partial charge in [-0.2, -0.15) is 0 Å². The molecule has 3 aliphatic rings. The molecule has 5 atom stereocenters. The van der Waals surface area contributed by atoms with Gasteiger partial charge < -0.3 is 18.9 Å². The summed E-state index contributed by atoms with van der Waals surface area (Å²) in [5.41, 5.74) is -0.131. The zero-order chi connectivity index (χ0) is 11.6. The molecule has 4 nitrogen and oxygen atoms in total. The minimum Gasteiger partial charge on any atom is -0.353 e. The second kappa shape index (κ2) is 3.19. The molecule has 3 fully saturated rings. The number of fused-ring (bicyclic) bond motifs is 2. The van der Waals surface area contributed by atoms with Gasteiger partial charge in [-0.05, 0) is 26.2 Å². The zero-order valence-corrected chi connectivity index (χ0v) is 10.4. The third-order valence-electron chi connectivity index (χ3n) is 4.04. The van der Waals surface area contributed by atoms with Gasteiger partial charge >= 0.3 is 0 Å². The van der Waals surface area contributed by atoms with E-state index in [0.29, 0.717) is 5.92 Å². The van der Waals surface area contributed by atoms with Crippen LogP contribution >= 0.6 is 0 Å². The molecule has 0 bridgehead atoms. The van der Waals surface area contributed by atoms with E-state index in [1.165, 1.54) is 0 Å². The molecule has 3 rings (SSSR count). The summed E-state index contributed by atoms with van der Waals surface area (Å²) in [6.45, 7) is 6.10. The van der Waals surface area contributed by atoms with Crippen molar-refractivity contribution in [3.63, 3.8) is 0 Å². The minimum atomic E-state index is -0.510. The summed E-state index contributed by atoms with van der Waals surface area (Å²) < 4.78 is 23.2. The van der Waals surface area contributed by atoms with Crippen molar-refractivity contribution in [1.82, 2.24) is 0 Å². The molecule has 2 heterocycles. The van der Waals surface area contributed by atoms with E-state index in [0.717, 1.165) is 12.8 Å². The Kier molecular flexibility index (Phi) is 2.19. The SMILES string of the molecule is CC[C@@H]1C[C@@]12OC(OC)[C@H]1OC(C)(C)OC12. The second-order valence-corrected chi connectivity index (χ2v) is 5.51. The monoisotopic (exact) mass is 228 g/mol. The lowest BCUT2D eigenvalue weighted by Gasteiger charge is -2.24. The summed E-state index contributed by atoms with van der Waals surface area (Å²) in [7, 11) is 1.67. The number of ether oxygens (including phenoxy) is 4. The van der Waals surface area contributed by atoms with Crippen LogP contribution in [-0.2, 0) is 18.9 Å². The lowest BCUT2D eigenvalue weighted by molar-refractivity contribution is -0.234. The predicted molar refractivity (Wildman–Crippen MR) is 56.8 cm³/mol. The number of methoxy groups -OCH3 is 1. The average Bonchev–Trinajstić information content (AvgIpc) is 2.75. The molecule has 16 heavy (non-hydrogen) atoms. The van der Waals surface area contributed by atoms with Crippen molar-refractivity contribution in [3.05, 3.63) is 0 Å². The summed E-state index contributed by atoms with van der Waals surface area (Å²) in [6, 6.07) is 0. The maximum Gasteiger partial charge on any atom is 0.186 e. The van der Waals surface area contributed by atoms with E-state index in [-0.39, 0.29) is 24.1 Å².